The number of β-amino-alcohol motifs (C(OH)–C–C–N with tert-alkyl or cyclic N) is 1. The van der Waals surface area contributed by atoms with E-state index >= 15 is 0 Å². The first-order valence-corrected chi connectivity index (χ1v) is 6.22. The number of aliphatic hydroxyl groups is 1. The van der Waals surface area contributed by atoms with Gasteiger partial charge < -0.3 is 15.7 Å². The van der Waals surface area contributed by atoms with Crippen LogP contribution >= 0.6 is 0 Å². The van der Waals surface area contributed by atoms with Crippen molar-refractivity contribution in [3.63, 3.8) is 0 Å². The Morgan fingerprint density at radius 3 is 2.47 bits per heavy atom. The molecule has 0 saturated carbocycles. The minimum Gasteiger partial charge on any atom is -0.389 e. The van der Waals surface area contributed by atoms with Crippen LogP contribution in [0.4, 0.5) is 0 Å². The second-order valence-corrected chi connectivity index (χ2v) is 5.15. The molecule has 3 nitrogen and oxygen atoms in total. The van der Waals surface area contributed by atoms with Crippen molar-refractivity contribution in [1.82, 2.24) is 4.90 Å². The van der Waals surface area contributed by atoms with E-state index < -0.39 is 5.60 Å². The molecule has 1 unspecified atom stereocenters. The predicted octanol–water partition coefficient (Wildman–Crippen LogP) is 1.21. The lowest BCUT2D eigenvalue weighted by molar-refractivity contribution is 0.00632. The van der Waals surface area contributed by atoms with Gasteiger partial charge in [-0.25, -0.2) is 0 Å². The summed E-state index contributed by atoms with van der Waals surface area (Å²) in [4.78, 5) is 2.39. The highest BCUT2D eigenvalue weighted by atomic mass is 16.3. The molecule has 1 aliphatic rings. The summed E-state index contributed by atoms with van der Waals surface area (Å²) in [6.45, 7) is 7.86. The van der Waals surface area contributed by atoms with Crippen LogP contribution in [0.2, 0.25) is 0 Å². The fraction of sp³-hybridized carbons (Fsp3) is 1.00. The van der Waals surface area contributed by atoms with Crippen molar-refractivity contribution in [3.8, 4) is 0 Å². The number of nitrogens with two attached hydrogens (primary N) is 1. The Morgan fingerprint density at radius 1 is 1.40 bits per heavy atom. The van der Waals surface area contributed by atoms with Gasteiger partial charge in [-0.15, -0.1) is 0 Å². The van der Waals surface area contributed by atoms with Crippen LogP contribution in [0.5, 0.6) is 0 Å². The predicted molar refractivity (Wildman–Crippen MR) is 63.8 cm³/mol. The Hall–Kier alpha value is -0.120. The van der Waals surface area contributed by atoms with Crippen LogP contribution in [0.25, 0.3) is 0 Å². The van der Waals surface area contributed by atoms with E-state index in [1.54, 1.807) is 0 Å². The number of nitrogens with zero attached hydrogens (tertiary/aromatic N) is 1. The molecule has 0 bridgehead atoms. The topological polar surface area (TPSA) is 49.5 Å². The van der Waals surface area contributed by atoms with Crippen molar-refractivity contribution in [1.29, 1.82) is 0 Å². The molecule has 90 valence electrons. The number of rotatable bonds is 5. The van der Waals surface area contributed by atoms with E-state index in [1.807, 2.05) is 13.8 Å². The minimum absolute atomic E-state index is 0.513. The van der Waals surface area contributed by atoms with Crippen LogP contribution in [-0.4, -0.2) is 41.8 Å². The summed E-state index contributed by atoms with van der Waals surface area (Å²) in [5, 5.41) is 9.98. The number of piperidine rings is 1. The molecular weight excluding hydrogens is 188 g/mol. The van der Waals surface area contributed by atoms with Gasteiger partial charge in [0.2, 0.25) is 0 Å². The van der Waals surface area contributed by atoms with Crippen LogP contribution in [0.15, 0.2) is 0 Å². The first-order valence-electron chi connectivity index (χ1n) is 6.22. The monoisotopic (exact) mass is 214 g/mol. The van der Waals surface area contributed by atoms with E-state index in [2.05, 4.69) is 4.90 Å². The van der Waals surface area contributed by atoms with Crippen molar-refractivity contribution in [2.24, 2.45) is 11.7 Å². The molecule has 0 aliphatic carbocycles. The number of likely N-dealkylation sites (tertiary alicyclic amines) is 1. The normalized spacial score (nSPS) is 24.0. The van der Waals surface area contributed by atoms with Crippen LogP contribution < -0.4 is 5.73 Å². The fourth-order valence-corrected chi connectivity index (χ4v) is 2.26. The lowest BCUT2D eigenvalue weighted by Crippen LogP contribution is -2.44. The maximum absolute atomic E-state index is 9.98. The highest BCUT2D eigenvalue weighted by molar-refractivity contribution is 4.80. The first-order chi connectivity index (χ1) is 7.07. The quantitative estimate of drug-likeness (QED) is 0.723. The average Bonchev–Trinajstić information content (AvgIpc) is 2.21. The van der Waals surface area contributed by atoms with Gasteiger partial charge in [-0.05, 0) is 58.2 Å². The summed E-state index contributed by atoms with van der Waals surface area (Å²) in [5.41, 5.74) is 5.05. The van der Waals surface area contributed by atoms with Crippen molar-refractivity contribution in [2.75, 3.05) is 26.2 Å². The molecule has 0 spiro atoms. The van der Waals surface area contributed by atoms with Gasteiger partial charge in [-0.3, -0.25) is 0 Å². The van der Waals surface area contributed by atoms with E-state index in [1.165, 1.54) is 12.8 Å². The largest absolute Gasteiger partial charge is 0.389 e. The smallest absolute Gasteiger partial charge is 0.0743 e. The Bertz CT molecular complexity index is 174. The third kappa shape index (κ3) is 4.49. The highest BCUT2D eigenvalue weighted by Crippen LogP contribution is 2.21. The molecule has 0 radical (unpaired) electrons. The minimum atomic E-state index is -0.513. The van der Waals surface area contributed by atoms with Crippen molar-refractivity contribution >= 4 is 0 Å². The summed E-state index contributed by atoms with van der Waals surface area (Å²) >= 11 is 0. The molecule has 1 fully saturated rings. The van der Waals surface area contributed by atoms with E-state index in [-0.39, 0.29) is 0 Å². The van der Waals surface area contributed by atoms with Gasteiger partial charge in [0, 0.05) is 6.54 Å². The Labute approximate surface area is 93.6 Å². The van der Waals surface area contributed by atoms with Crippen molar-refractivity contribution in [2.45, 2.75) is 45.1 Å². The Kier molecular flexibility index (Phi) is 5.03. The van der Waals surface area contributed by atoms with Gasteiger partial charge in [0.05, 0.1) is 5.60 Å². The molecule has 15 heavy (non-hydrogen) atoms. The summed E-state index contributed by atoms with van der Waals surface area (Å²) < 4.78 is 0. The van der Waals surface area contributed by atoms with Gasteiger partial charge >= 0.3 is 0 Å². The molecule has 0 aromatic carbocycles. The van der Waals surface area contributed by atoms with E-state index in [0.717, 1.165) is 44.9 Å². The summed E-state index contributed by atoms with van der Waals surface area (Å²) in [7, 11) is 0. The van der Waals surface area contributed by atoms with Crippen LogP contribution in [0, 0.1) is 5.92 Å². The van der Waals surface area contributed by atoms with E-state index in [9.17, 15) is 5.11 Å². The number of hydrogen-bond acceptors (Lipinski definition) is 3. The maximum atomic E-state index is 9.98. The second-order valence-electron chi connectivity index (χ2n) is 5.15. The molecule has 3 N–H and O–H groups in total. The van der Waals surface area contributed by atoms with Gasteiger partial charge in [0.1, 0.15) is 0 Å². The van der Waals surface area contributed by atoms with Gasteiger partial charge in [-0.1, -0.05) is 6.92 Å². The van der Waals surface area contributed by atoms with E-state index in [4.69, 9.17) is 5.73 Å². The van der Waals surface area contributed by atoms with Crippen molar-refractivity contribution in [3.05, 3.63) is 0 Å². The van der Waals surface area contributed by atoms with Crippen LogP contribution in [0.1, 0.15) is 39.5 Å². The number of hydrogen-bond donors (Lipinski definition) is 2. The van der Waals surface area contributed by atoms with Crippen LogP contribution in [0.3, 0.4) is 0 Å². The summed E-state index contributed by atoms with van der Waals surface area (Å²) in [5.74, 6) is 0.817. The first kappa shape index (κ1) is 12.9. The van der Waals surface area contributed by atoms with Gasteiger partial charge in [0.25, 0.3) is 0 Å². The Balaban J connectivity index is 2.25. The molecule has 1 aliphatic heterocycles. The average molecular weight is 214 g/mol. The zero-order chi connectivity index (χ0) is 11.3. The molecule has 1 saturated heterocycles. The molecular formula is C12H26N2O. The Morgan fingerprint density at radius 2 is 2.00 bits per heavy atom. The zero-order valence-corrected chi connectivity index (χ0v) is 10.2. The molecule has 0 amide bonds. The van der Waals surface area contributed by atoms with Crippen LogP contribution in [-0.2, 0) is 0 Å². The summed E-state index contributed by atoms with van der Waals surface area (Å²) in [6, 6.07) is 0. The third-order valence-electron chi connectivity index (χ3n) is 3.61. The third-order valence-corrected chi connectivity index (χ3v) is 3.61. The van der Waals surface area contributed by atoms with E-state index in [0.29, 0.717) is 0 Å². The fourth-order valence-electron chi connectivity index (χ4n) is 2.26. The molecule has 1 atom stereocenters. The lowest BCUT2D eigenvalue weighted by Gasteiger charge is -2.36. The van der Waals surface area contributed by atoms with Crippen molar-refractivity contribution < 1.29 is 5.11 Å². The highest BCUT2D eigenvalue weighted by Gasteiger charge is 2.25. The lowest BCUT2D eigenvalue weighted by atomic mass is 9.92. The standard InChI is InChI=1S/C12H26N2O/c1-3-12(2,15)10-14-8-5-11(4-7-13)6-9-14/h11,15H,3-10,13H2,1-2H3. The molecule has 0 aromatic rings. The SMILES string of the molecule is CCC(C)(O)CN1CCC(CCN)CC1. The molecule has 1 rings (SSSR count). The maximum Gasteiger partial charge on any atom is 0.0743 e. The molecule has 1 heterocycles. The zero-order valence-electron chi connectivity index (χ0n) is 10.2. The summed E-state index contributed by atoms with van der Waals surface area (Å²) in [6.07, 6.45) is 4.49. The molecule has 0 aromatic heterocycles. The second kappa shape index (κ2) is 5.83. The van der Waals surface area contributed by atoms with Gasteiger partial charge in [-0.2, -0.15) is 0 Å². The molecule has 3 heteroatoms. The van der Waals surface area contributed by atoms with Gasteiger partial charge in [0.15, 0.2) is 0 Å².